The summed E-state index contributed by atoms with van der Waals surface area (Å²) in [7, 11) is 0. The lowest BCUT2D eigenvalue weighted by Gasteiger charge is -2.13. The predicted octanol–water partition coefficient (Wildman–Crippen LogP) is 2.96. The number of aromatic nitrogens is 1. The van der Waals surface area contributed by atoms with E-state index in [0.29, 0.717) is 16.3 Å². The summed E-state index contributed by atoms with van der Waals surface area (Å²) in [6.07, 6.45) is -3.77. The Morgan fingerprint density at radius 1 is 1.30 bits per heavy atom. The molecular weight excluding hydrogens is 326 g/mol. The number of nitrogens with zero attached hydrogens (tertiary/aromatic N) is 1. The maximum absolute atomic E-state index is 12.4. The molecular formula is C15H14F2N2O3S. The number of carbonyl (C=O) groups excluding carboxylic acids is 1. The fourth-order valence-electron chi connectivity index (χ4n) is 2.00. The Kier molecular flexibility index (Phi) is 5.38. The second-order valence-corrected chi connectivity index (χ2v) is 5.97. The number of carboxylic acid groups (broad SMARTS) is 1. The minimum absolute atomic E-state index is 0.203. The molecule has 0 aliphatic carbocycles. The summed E-state index contributed by atoms with van der Waals surface area (Å²) >= 11 is 1.09. The van der Waals surface area contributed by atoms with Gasteiger partial charge in [0.1, 0.15) is 10.9 Å². The molecule has 2 rings (SSSR count). The number of aryl methyl sites for hydroxylation is 1. The van der Waals surface area contributed by atoms with E-state index in [4.69, 9.17) is 5.11 Å². The van der Waals surface area contributed by atoms with Crippen LogP contribution >= 0.6 is 11.3 Å². The minimum atomic E-state index is -2.83. The number of benzene rings is 1. The highest BCUT2D eigenvalue weighted by Crippen LogP contribution is 2.28. The Bertz CT molecular complexity index is 704. The summed E-state index contributed by atoms with van der Waals surface area (Å²) in [5, 5.41) is 11.7. The molecule has 1 aromatic carbocycles. The summed E-state index contributed by atoms with van der Waals surface area (Å²) in [6, 6.07) is 7.25. The van der Waals surface area contributed by atoms with Crippen LogP contribution in [0.3, 0.4) is 0 Å². The van der Waals surface area contributed by atoms with Gasteiger partial charge in [0.05, 0.1) is 10.7 Å². The van der Waals surface area contributed by atoms with Gasteiger partial charge < -0.3 is 10.4 Å². The maximum Gasteiger partial charge on any atom is 0.326 e. The maximum atomic E-state index is 12.4. The molecule has 0 saturated heterocycles. The van der Waals surface area contributed by atoms with Gasteiger partial charge in [0.2, 0.25) is 6.43 Å². The number of rotatable bonds is 6. The van der Waals surface area contributed by atoms with Gasteiger partial charge >= 0.3 is 5.97 Å². The topological polar surface area (TPSA) is 79.3 Å². The number of hydrogen-bond donors (Lipinski definition) is 2. The molecule has 1 unspecified atom stereocenters. The molecule has 23 heavy (non-hydrogen) atoms. The first kappa shape index (κ1) is 17.0. The van der Waals surface area contributed by atoms with Crippen molar-refractivity contribution in [3.63, 3.8) is 0 Å². The van der Waals surface area contributed by atoms with Crippen LogP contribution in [-0.2, 0) is 4.79 Å². The van der Waals surface area contributed by atoms with Gasteiger partial charge in [-0.25, -0.2) is 18.6 Å². The standard InChI is InChI=1S/C15H14F2N2O3S/c1-8-18-12(9-5-3-2-4-6-9)13(23-8)14(20)19-10(15(21)22)7-11(16)17/h2-6,10-11H,7H2,1H3,(H,19,20)(H,21,22). The number of thiazole rings is 1. The largest absolute Gasteiger partial charge is 0.480 e. The number of aliphatic carboxylic acids is 1. The molecule has 0 aliphatic rings. The van der Waals surface area contributed by atoms with Gasteiger partial charge in [0, 0.05) is 12.0 Å². The van der Waals surface area contributed by atoms with Crippen molar-refractivity contribution in [3.8, 4) is 11.3 Å². The van der Waals surface area contributed by atoms with E-state index in [9.17, 15) is 18.4 Å². The molecule has 1 atom stereocenters. The van der Waals surface area contributed by atoms with E-state index in [1.807, 2.05) is 6.07 Å². The average Bonchev–Trinajstić information content (AvgIpc) is 2.89. The van der Waals surface area contributed by atoms with Crippen LogP contribution in [0.1, 0.15) is 21.1 Å². The lowest BCUT2D eigenvalue weighted by Crippen LogP contribution is -2.41. The molecule has 1 aromatic heterocycles. The van der Waals surface area contributed by atoms with Crippen molar-refractivity contribution >= 4 is 23.2 Å². The fraction of sp³-hybridized carbons (Fsp3) is 0.267. The summed E-state index contributed by atoms with van der Waals surface area (Å²) in [5.74, 6) is -2.22. The highest BCUT2D eigenvalue weighted by atomic mass is 32.1. The first-order valence-corrected chi connectivity index (χ1v) is 7.54. The van der Waals surface area contributed by atoms with Crippen LogP contribution in [0.5, 0.6) is 0 Å². The van der Waals surface area contributed by atoms with Crippen LogP contribution in [0.4, 0.5) is 8.78 Å². The summed E-state index contributed by atoms with van der Waals surface area (Å²) in [5.41, 5.74) is 1.11. The zero-order chi connectivity index (χ0) is 17.0. The molecule has 5 nitrogen and oxygen atoms in total. The van der Waals surface area contributed by atoms with E-state index in [2.05, 4.69) is 10.3 Å². The van der Waals surface area contributed by atoms with Crippen LogP contribution in [0.2, 0.25) is 0 Å². The molecule has 1 heterocycles. The van der Waals surface area contributed by atoms with Crippen LogP contribution < -0.4 is 5.32 Å². The quantitative estimate of drug-likeness (QED) is 0.847. The third kappa shape index (κ3) is 4.32. The summed E-state index contributed by atoms with van der Waals surface area (Å²) < 4.78 is 24.8. The monoisotopic (exact) mass is 340 g/mol. The Morgan fingerprint density at radius 3 is 2.52 bits per heavy atom. The molecule has 0 spiro atoms. The molecule has 1 amide bonds. The number of carboxylic acids is 1. The van der Waals surface area contributed by atoms with Crippen molar-refractivity contribution in [2.24, 2.45) is 0 Å². The number of alkyl halides is 2. The van der Waals surface area contributed by atoms with E-state index >= 15 is 0 Å². The van der Waals surface area contributed by atoms with E-state index in [-0.39, 0.29) is 4.88 Å². The van der Waals surface area contributed by atoms with Crippen molar-refractivity contribution < 1.29 is 23.5 Å². The zero-order valence-corrected chi connectivity index (χ0v) is 12.9. The molecule has 122 valence electrons. The van der Waals surface area contributed by atoms with E-state index in [1.165, 1.54) is 0 Å². The molecule has 2 N–H and O–H groups in total. The van der Waals surface area contributed by atoms with Crippen LogP contribution in [0, 0.1) is 6.92 Å². The normalized spacial score (nSPS) is 12.2. The Hall–Kier alpha value is -2.35. The number of nitrogens with one attached hydrogen (secondary N) is 1. The SMILES string of the molecule is Cc1nc(-c2ccccc2)c(C(=O)NC(CC(F)F)C(=O)O)s1. The van der Waals surface area contributed by atoms with Crippen molar-refractivity contribution in [3.05, 3.63) is 40.2 Å². The Morgan fingerprint density at radius 2 is 1.96 bits per heavy atom. The highest BCUT2D eigenvalue weighted by molar-refractivity contribution is 7.14. The van der Waals surface area contributed by atoms with Gasteiger partial charge in [0.15, 0.2) is 0 Å². The molecule has 0 radical (unpaired) electrons. The smallest absolute Gasteiger partial charge is 0.326 e. The first-order valence-electron chi connectivity index (χ1n) is 6.73. The molecule has 0 bridgehead atoms. The van der Waals surface area contributed by atoms with Crippen molar-refractivity contribution in [2.45, 2.75) is 25.8 Å². The fourth-order valence-corrected chi connectivity index (χ4v) is 2.84. The Balaban J connectivity index is 2.28. The summed E-state index contributed by atoms with van der Waals surface area (Å²) in [6.45, 7) is 1.71. The van der Waals surface area contributed by atoms with Crippen molar-refractivity contribution in [1.82, 2.24) is 10.3 Å². The lowest BCUT2D eigenvalue weighted by molar-refractivity contribution is -0.140. The van der Waals surface area contributed by atoms with Gasteiger partial charge in [0.25, 0.3) is 5.91 Å². The van der Waals surface area contributed by atoms with Crippen molar-refractivity contribution in [1.29, 1.82) is 0 Å². The minimum Gasteiger partial charge on any atom is -0.480 e. The van der Waals surface area contributed by atoms with Crippen LogP contribution in [-0.4, -0.2) is 34.4 Å². The van der Waals surface area contributed by atoms with Gasteiger partial charge in [-0.2, -0.15) is 0 Å². The second kappa shape index (κ2) is 7.28. The lowest BCUT2D eigenvalue weighted by atomic mass is 10.1. The predicted molar refractivity (Wildman–Crippen MR) is 81.8 cm³/mol. The van der Waals surface area contributed by atoms with E-state index in [0.717, 1.165) is 11.3 Å². The van der Waals surface area contributed by atoms with Crippen molar-refractivity contribution in [2.75, 3.05) is 0 Å². The number of amides is 1. The summed E-state index contributed by atoms with van der Waals surface area (Å²) in [4.78, 5) is 27.8. The van der Waals surface area contributed by atoms with Crippen LogP contribution in [0.25, 0.3) is 11.3 Å². The van der Waals surface area contributed by atoms with E-state index < -0.39 is 30.8 Å². The molecule has 8 heteroatoms. The number of hydrogen-bond acceptors (Lipinski definition) is 4. The molecule has 0 saturated carbocycles. The number of halogens is 2. The third-order valence-electron chi connectivity index (χ3n) is 3.00. The van der Waals surface area contributed by atoms with Gasteiger partial charge in [-0.3, -0.25) is 4.79 Å². The zero-order valence-electron chi connectivity index (χ0n) is 12.1. The molecule has 0 fully saturated rings. The average molecular weight is 340 g/mol. The van der Waals surface area contributed by atoms with Crippen LogP contribution in [0.15, 0.2) is 30.3 Å². The van der Waals surface area contributed by atoms with Gasteiger partial charge in [-0.05, 0) is 6.92 Å². The molecule has 2 aromatic rings. The first-order chi connectivity index (χ1) is 10.9. The van der Waals surface area contributed by atoms with Gasteiger partial charge in [-0.15, -0.1) is 11.3 Å². The Labute approximate surface area is 135 Å². The highest BCUT2D eigenvalue weighted by Gasteiger charge is 2.27. The van der Waals surface area contributed by atoms with E-state index in [1.54, 1.807) is 31.2 Å². The third-order valence-corrected chi connectivity index (χ3v) is 3.97. The number of carbonyl (C=O) groups is 2. The molecule has 0 aliphatic heterocycles. The van der Waals surface area contributed by atoms with Gasteiger partial charge in [-0.1, -0.05) is 30.3 Å². The second-order valence-electron chi connectivity index (χ2n) is 4.77.